The number of benzene rings is 2. The number of hydrogen-bond donors (Lipinski definition) is 0. The lowest BCUT2D eigenvalue weighted by molar-refractivity contribution is -0.130. The van der Waals surface area contributed by atoms with E-state index in [1.807, 2.05) is 24.3 Å². The molecule has 0 aromatic heterocycles. The molecule has 0 bridgehead atoms. The highest BCUT2D eigenvalue weighted by atomic mass is 16.2. The molecule has 0 atom stereocenters. The van der Waals surface area contributed by atoms with E-state index in [1.165, 1.54) is 10.5 Å². The van der Waals surface area contributed by atoms with Crippen molar-refractivity contribution < 1.29 is 14.4 Å². The third kappa shape index (κ3) is 3.31. The van der Waals surface area contributed by atoms with Crippen molar-refractivity contribution in [3.8, 4) is 0 Å². The summed E-state index contributed by atoms with van der Waals surface area (Å²) in [7, 11) is 1.67. The van der Waals surface area contributed by atoms with Crippen LogP contribution in [-0.2, 0) is 17.8 Å². The lowest BCUT2D eigenvalue weighted by Crippen LogP contribution is -2.40. The number of aryl methyl sites for hydroxylation is 1. The topological polar surface area (TPSA) is 57.7 Å². The molecule has 3 rings (SSSR count). The van der Waals surface area contributed by atoms with Crippen LogP contribution < -0.4 is 0 Å². The summed E-state index contributed by atoms with van der Waals surface area (Å²) in [5, 5.41) is 0. The van der Waals surface area contributed by atoms with Gasteiger partial charge in [-0.25, -0.2) is 0 Å². The highest BCUT2D eigenvalue weighted by Gasteiger charge is 2.36. The molecule has 0 fully saturated rings. The summed E-state index contributed by atoms with van der Waals surface area (Å²) in [6.07, 6.45) is 0.967. The Hall–Kier alpha value is -2.95. The molecular formula is C20H20N2O3. The summed E-state index contributed by atoms with van der Waals surface area (Å²) in [6, 6.07) is 14.7. The van der Waals surface area contributed by atoms with E-state index in [1.54, 1.807) is 31.3 Å². The van der Waals surface area contributed by atoms with Gasteiger partial charge in [-0.2, -0.15) is 0 Å². The highest BCUT2D eigenvalue weighted by Crippen LogP contribution is 2.22. The van der Waals surface area contributed by atoms with E-state index < -0.39 is 11.8 Å². The molecule has 5 nitrogen and oxygen atoms in total. The number of rotatable bonds is 5. The first-order chi connectivity index (χ1) is 12.0. The zero-order valence-electron chi connectivity index (χ0n) is 14.4. The zero-order chi connectivity index (χ0) is 18.0. The predicted octanol–water partition coefficient (Wildman–Crippen LogP) is 2.50. The van der Waals surface area contributed by atoms with Gasteiger partial charge < -0.3 is 4.90 Å². The lowest BCUT2D eigenvalue weighted by Gasteiger charge is -2.21. The van der Waals surface area contributed by atoms with Gasteiger partial charge in [0.2, 0.25) is 5.91 Å². The Morgan fingerprint density at radius 1 is 0.920 bits per heavy atom. The number of imide groups is 1. The molecule has 25 heavy (non-hydrogen) atoms. The number of hydrogen-bond acceptors (Lipinski definition) is 3. The van der Waals surface area contributed by atoms with E-state index >= 15 is 0 Å². The van der Waals surface area contributed by atoms with Crippen molar-refractivity contribution in [2.24, 2.45) is 0 Å². The zero-order valence-corrected chi connectivity index (χ0v) is 14.4. The third-order valence-corrected chi connectivity index (χ3v) is 4.45. The molecule has 0 radical (unpaired) electrons. The van der Waals surface area contributed by atoms with Gasteiger partial charge in [-0.15, -0.1) is 0 Å². The minimum atomic E-state index is -0.408. The Balaban J connectivity index is 1.66. The summed E-state index contributed by atoms with van der Waals surface area (Å²) >= 11 is 0. The molecule has 128 valence electrons. The van der Waals surface area contributed by atoms with Gasteiger partial charge in [-0.1, -0.05) is 43.3 Å². The normalized spacial score (nSPS) is 13.1. The molecule has 2 aromatic carbocycles. The van der Waals surface area contributed by atoms with E-state index in [0.717, 1.165) is 16.9 Å². The Labute approximate surface area is 146 Å². The van der Waals surface area contributed by atoms with Gasteiger partial charge in [0.25, 0.3) is 11.8 Å². The average Bonchev–Trinajstić information content (AvgIpc) is 2.87. The van der Waals surface area contributed by atoms with Crippen LogP contribution in [0.4, 0.5) is 0 Å². The molecule has 0 spiro atoms. The lowest BCUT2D eigenvalue weighted by atomic mass is 10.1. The van der Waals surface area contributed by atoms with E-state index in [0.29, 0.717) is 17.7 Å². The fraction of sp³-hybridized carbons (Fsp3) is 0.250. The van der Waals surface area contributed by atoms with Gasteiger partial charge in [-0.05, 0) is 29.7 Å². The summed E-state index contributed by atoms with van der Waals surface area (Å²) < 4.78 is 0. The van der Waals surface area contributed by atoms with Crippen molar-refractivity contribution in [3.63, 3.8) is 0 Å². The van der Waals surface area contributed by atoms with Crippen molar-refractivity contribution in [1.29, 1.82) is 0 Å². The van der Waals surface area contributed by atoms with Crippen LogP contribution in [0.5, 0.6) is 0 Å². The van der Waals surface area contributed by atoms with Gasteiger partial charge in [0.15, 0.2) is 0 Å². The van der Waals surface area contributed by atoms with Gasteiger partial charge >= 0.3 is 0 Å². The Bertz CT molecular complexity index is 792. The maximum Gasteiger partial charge on any atom is 0.262 e. The molecule has 0 aliphatic carbocycles. The average molecular weight is 336 g/mol. The molecular weight excluding hydrogens is 316 g/mol. The first-order valence-electron chi connectivity index (χ1n) is 8.28. The molecule has 1 aliphatic heterocycles. The molecule has 0 saturated carbocycles. The minimum Gasteiger partial charge on any atom is -0.340 e. The smallest absolute Gasteiger partial charge is 0.262 e. The second-order valence-corrected chi connectivity index (χ2v) is 6.16. The van der Waals surface area contributed by atoms with Crippen LogP contribution >= 0.6 is 0 Å². The van der Waals surface area contributed by atoms with Crippen LogP contribution in [0.15, 0.2) is 48.5 Å². The minimum absolute atomic E-state index is 0.240. The SMILES string of the molecule is CCc1ccc(CN(C)C(=O)CN2C(=O)c3ccccc3C2=O)cc1. The molecule has 3 amide bonds. The predicted molar refractivity (Wildman–Crippen MR) is 94.1 cm³/mol. The number of amides is 3. The standard InChI is InChI=1S/C20H20N2O3/c1-3-14-8-10-15(11-9-14)12-21(2)18(23)13-22-19(24)16-6-4-5-7-17(16)20(22)25/h4-11H,3,12-13H2,1-2H3. The van der Waals surface area contributed by atoms with Crippen LogP contribution in [0.25, 0.3) is 0 Å². The number of fused-ring (bicyclic) bond motifs is 1. The van der Waals surface area contributed by atoms with Crippen LogP contribution in [0.1, 0.15) is 38.8 Å². The van der Waals surface area contributed by atoms with E-state index in [4.69, 9.17) is 0 Å². The van der Waals surface area contributed by atoms with Crippen molar-refractivity contribution >= 4 is 17.7 Å². The van der Waals surface area contributed by atoms with E-state index in [2.05, 4.69) is 6.92 Å². The van der Waals surface area contributed by atoms with Gasteiger partial charge in [0.05, 0.1) is 11.1 Å². The molecule has 2 aromatic rings. The van der Waals surface area contributed by atoms with Crippen molar-refractivity contribution in [2.45, 2.75) is 19.9 Å². The van der Waals surface area contributed by atoms with Crippen LogP contribution in [-0.4, -0.2) is 41.1 Å². The van der Waals surface area contributed by atoms with Crippen molar-refractivity contribution in [1.82, 2.24) is 9.80 Å². The fourth-order valence-electron chi connectivity index (χ4n) is 2.88. The van der Waals surface area contributed by atoms with Crippen LogP contribution in [0.2, 0.25) is 0 Å². The molecule has 0 unspecified atom stereocenters. The van der Waals surface area contributed by atoms with E-state index in [9.17, 15) is 14.4 Å². The van der Waals surface area contributed by atoms with Crippen LogP contribution in [0.3, 0.4) is 0 Å². The van der Waals surface area contributed by atoms with Gasteiger partial charge in [-0.3, -0.25) is 19.3 Å². The van der Waals surface area contributed by atoms with Crippen molar-refractivity contribution in [3.05, 3.63) is 70.8 Å². The number of carbonyl (C=O) groups excluding carboxylic acids is 3. The number of carbonyl (C=O) groups is 3. The van der Waals surface area contributed by atoms with Crippen LogP contribution in [0, 0.1) is 0 Å². The summed E-state index contributed by atoms with van der Waals surface area (Å²) in [5.74, 6) is -1.08. The molecule has 0 N–H and O–H groups in total. The highest BCUT2D eigenvalue weighted by molar-refractivity contribution is 6.22. The van der Waals surface area contributed by atoms with Gasteiger partial charge in [0.1, 0.15) is 6.54 Å². The first-order valence-corrected chi connectivity index (χ1v) is 8.28. The third-order valence-electron chi connectivity index (χ3n) is 4.45. The number of likely N-dealkylation sites (N-methyl/N-ethyl adjacent to an activating group) is 1. The molecule has 5 heteroatoms. The Morgan fingerprint density at radius 2 is 1.44 bits per heavy atom. The van der Waals surface area contributed by atoms with Crippen molar-refractivity contribution in [2.75, 3.05) is 13.6 Å². The summed E-state index contributed by atoms with van der Waals surface area (Å²) in [5.41, 5.74) is 2.97. The monoisotopic (exact) mass is 336 g/mol. The first kappa shape index (κ1) is 16.9. The summed E-state index contributed by atoms with van der Waals surface area (Å²) in [4.78, 5) is 39.7. The maximum absolute atomic E-state index is 12.4. The quantitative estimate of drug-likeness (QED) is 0.788. The number of nitrogens with zero attached hydrogens (tertiary/aromatic N) is 2. The van der Waals surface area contributed by atoms with Gasteiger partial charge in [0, 0.05) is 13.6 Å². The molecule has 0 saturated heterocycles. The maximum atomic E-state index is 12.4. The second-order valence-electron chi connectivity index (χ2n) is 6.16. The molecule has 1 heterocycles. The largest absolute Gasteiger partial charge is 0.340 e. The molecule has 1 aliphatic rings. The summed E-state index contributed by atoms with van der Waals surface area (Å²) in [6.45, 7) is 2.29. The Kier molecular flexibility index (Phi) is 4.65. The fourth-order valence-corrected chi connectivity index (χ4v) is 2.88. The van der Waals surface area contributed by atoms with E-state index in [-0.39, 0.29) is 12.5 Å². The second kappa shape index (κ2) is 6.89. The Morgan fingerprint density at radius 3 is 1.96 bits per heavy atom.